The fourth-order valence-corrected chi connectivity index (χ4v) is 16.5. The van der Waals surface area contributed by atoms with Gasteiger partial charge in [-0.3, -0.25) is 28.8 Å². The summed E-state index contributed by atoms with van der Waals surface area (Å²) in [5, 5.41) is 8.83. The predicted octanol–water partition coefficient (Wildman–Crippen LogP) is 29.4. The summed E-state index contributed by atoms with van der Waals surface area (Å²) in [6, 6.07) is 47.7. The second-order valence-corrected chi connectivity index (χ2v) is 36.4. The van der Waals surface area contributed by atoms with Crippen molar-refractivity contribution in [3.05, 3.63) is 203 Å². The number of benzene rings is 7. The van der Waals surface area contributed by atoms with E-state index in [0.29, 0.717) is 61.2 Å². The molecule has 760 valence electrons. The van der Waals surface area contributed by atoms with Crippen molar-refractivity contribution in [2.24, 2.45) is 11.5 Å². The molecule has 0 bridgehead atoms. The van der Waals surface area contributed by atoms with Gasteiger partial charge in [-0.05, 0) is 158 Å². The Balaban J connectivity index is 0.000000527. The van der Waals surface area contributed by atoms with Gasteiger partial charge in [0.1, 0.15) is 12.1 Å². The van der Waals surface area contributed by atoms with Crippen LogP contribution in [0.15, 0.2) is 164 Å². The first-order valence-electron chi connectivity index (χ1n) is 52.1. The second-order valence-electron chi connectivity index (χ2n) is 36.4. The summed E-state index contributed by atoms with van der Waals surface area (Å²) in [6.07, 6.45) is 64.1. The number of carboxylic acid groups (broad SMARTS) is 1. The lowest BCUT2D eigenvalue weighted by atomic mass is 10.0. The van der Waals surface area contributed by atoms with E-state index in [9.17, 15) is 38.4 Å². The Hall–Kier alpha value is -9.60. The number of carboxylic acids is 1. The Kier molecular flexibility index (Phi) is 71.2. The standard InChI is InChI=1S/C43H62N2O4.C39H54N2O4.C33H52O8.2ClH/c1-2-3-4-5-6-7-8-9-10-11-12-13-14-15-16-22-37-23-19-24-40(48-41(46)25-17-20-35-27-31-38(44)32-28-35)43(37)49-42(47)26-18-21-36-29-33-39(45)34-30-36;1-2-3-4-5-6-7-8-9-10-11-12-13-14-15-18-28-33-29-23-30-34(44-38(42)35(40)31-24-19-16-20-25-31)37(33)45-39(43)36(41)32-26-21-17-22-27-32;1-2-3-4-5-6-7-8-9-10-11-12-13-14-15-16-20-28-21-17-22-29(40-31(37)25-19-26-39-27-34)33(28)41-32(38)24-18-23-30(35)36;;/h19,23-24,27-34H,2-18,20-22,25-26,44-45H2,1H3;16-17,19-27,29-30,35-36H,2-15,18,28,40-41H2,1H3;17,21-22,27H,2-16,18-20,23-26H2,1H3,(H,35,36);2*1H. The number of esters is 6. The largest absolute Gasteiger partial charge is 0.481 e. The number of carbonyl (C=O) groups excluding carboxylic acids is 7. The van der Waals surface area contributed by atoms with Gasteiger partial charge in [0, 0.05) is 43.5 Å². The molecule has 0 aliphatic carbocycles. The summed E-state index contributed by atoms with van der Waals surface area (Å²) in [6.45, 7) is 7.24. The van der Waals surface area contributed by atoms with E-state index in [0.717, 1.165) is 103 Å². The van der Waals surface area contributed by atoms with E-state index in [1.165, 1.54) is 244 Å². The lowest BCUT2D eigenvalue weighted by molar-refractivity contribution is -0.139. The van der Waals surface area contributed by atoms with Crippen LogP contribution in [0.4, 0.5) is 11.4 Å². The molecular weight excluding hydrogens is 1760 g/mol. The molecule has 22 heteroatoms. The number of nitrogens with two attached hydrogens (primary N) is 4. The molecule has 2 atom stereocenters. The summed E-state index contributed by atoms with van der Waals surface area (Å²) >= 11 is 0. The van der Waals surface area contributed by atoms with Crippen molar-refractivity contribution in [3.8, 4) is 34.5 Å². The Bertz CT molecular complexity index is 4330. The monoisotopic (exact) mass is 1930 g/mol. The van der Waals surface area contributed by atoms with Gasteiger partial charge in [-0.25, -0.2) is 9.59 Å². The molecule has 137 heavy (non-hydrogen) atoms. The number of unbranched alkanes of at least 4 members (excludes halogenated alkanes) is 42. The van der Waals surface area contributed by atoms with Gasteiger partial charge >= 0.3 is 41.8 Å². The number of para-hydroxylation sites is 3. The van der Waals surface area contributed by atoms with Crippen molar-refractivity contribution >= 4 is 84.4 Å². The maximum absolute atomic E-state index is 13.2. The summed E-state index contributed by atoms with van der Waals surface area (Å²) in [5.41, 5.74) is 31.5. The number of ether oxygens (including phenoxy) is 7. The average molecular weight is 1940 g/mol. The van der Waals surface area contributed by atoms with Crippen molar-refractivity contribution in [1.82, 2.24) is 0 Å². The highest BCUT2D eigenvalue weighted by atomic mass is 35.5. The highest BCUT2D eigenvalue weighted by molar-refractivity contribution is 5.86. The first-order chi connectivity index (χ1) is 65.9. The van der Waals surface area contributed by atoms with Gasteiger partial charge in [0.05, 0.1) is 6.61 Å². The number of hydrogen-bond acceptors (Lipinski definition) is 19. The van der Waals surface area contributed by atoms with E-state index in [1.807, 2.05) is 115 Å². The smallest absolute Gasteiger partial charge is 0.333 e. The van der Waals surface area contributed by atoms with Crippen LogP contribution in [0.3, 0.4) is 0 Å². The molecule has 0 heterocycles. The van der Waals surface area contributed by atoms with E-state index in [2.05, 4.69) is 25.5 Å². The molecule has 0 aromatic heterocycles. The minimum absolute atomic E-state index is 0. The molecule has 0 radical (unpaired) electrons. The van der Waals surface area contributed by atoms with E-state index in [4.69, 9.17) is 56.5 Å². The van der Waals surface area contributed by atoms with E-state index in [1.54, 1.807) is 48.5 Å². The Labute approximate surface area is 834 Å². The van der Waals surface area contributed by atoms with E-state index >= 15 is 0 Å². The van der Waals surface area contributed by atoms with Crippen LogP contribution in [0.1, 0.15) is 419 Å². The number of aryl methyl sites for hydroxylation is 5. The quantitative estimate of drug-likeness (QED) is 0.00777. The minimum Gasteiger partial charge on any atom is -0.481 e. The van der Waals surface area contributed by atoms with Crippen LogP contribution in [0.2, 0.25) is 0 Å². The first kappa shape index (κ1) is 122. The molecule has 2 unspecified atom stereocenters. The highest BCUT2D eigenvalue weighted by Crippen LogP contribution is 2.38. The first-order valence-corrected chi connectivity index (χ1v) is 52.1. The van der Waals surface area contributed by atoms with Crippen LogP contribution < -0.4 is 51.4 Å². The molecular formula is C115H170Cl2N4O16. The summed E-state index contributed by atoms with van der Waals surface area (Å²) in [4.78, 5) is 97.9. The third-order valence-electron chi connectivity index (χ3n) is 24.6. The Morgan fingerprint density at radius 3 is 0.839 bits per heavy atom. The zero-order valence-electron chi connectivity index (χ0n) is 83.4. The van der Waals surface area contributed by atoms with Gasteiger partial charge in [-0.15, -0.1) is 24.8 Å². The number of rotatable bonds is 75. The fraction of sp³-hybridized carbons (Fsp3) is 0.565. The number of carbonyl (C=O) groups is 8. The Morgan fingerprint density at radius 2 is 0.540 bits per heavy atom. The SMILES string of the molecule is CCCCCCCCCCCCCCCCCc1cccc(OC(=O)C(N)c2ccccc2)c1OC(=O)C(N)c1ccccc1.CCCCCCCCCCCCCCCCCc1cccc(OC(=O)CCCOC=O)c1OC(=O)CCCC(=O)O.CCCCCCCCCCCCCCCCCc1cccc(OC(=O)CCCc2ccc(N)cc2)c1OC(=O)CCCc1ccc(N)cc1.Cl.Cl. The van der Waals surface area contributed by atoms with Crippen LogP contribution in [0.25, 0.3) is 0 Å². The van der Waals surface area contributed by atoms with Crippen LogP contribution in [0.5, 0.6) is 34.5 Å². The molecule has 0 fully saturated rings. The van der Waals surface area contributed by atoms with Gasteiger partial charge in [0.25, 0.3) is 6.47 Å². The molecule has 0 aliphatic heterocycles. The van der Waals surface area contributed by atoms with Crippen molar-refractivity contribution in [2.75, 3.05) is 18.1 Å². The maximum Gasteiger partial charge on any atom is 0.333 e. The van der Waals surface area contributed by atoms with Gasteiger partial charge in [0.15, 0.2) is 34.5 Å². The topological polar surface area (TPSA) is 325 Å². The zero-order chi connectivity index (χ0) is 97.0. The summed E-state index contributed by atoms with van der Waals surface area (Å²) < 4.78 is 39.0. The van der Waals surface area contributed by atoms with Crippen molar-refractivity contribution in [2.45, 2.75) is 412 Å². The molecule has 7 aromatic carbocycles. The number of hydrogen-bond donors (Lipinski definition) is 5. The van der Waals surface area contributed by atoms with Crippen LogP contribution >= 0.6 is 24.8 Å². The minimum atomic E-state index is -0.973. The number of halogens is 2. The highest BCUT2D eigenvalue weighted by Gasteiger charge is 2.27. The second kappa shape index (κ2) is 80.2. The lowest BCUT2D eigenvalue weighted by Crippen LogP contribution is -2.28. The number of nitrogen functional groups attached to an aromatic ring is 2. The Morgan fingerprint density at radius 1 is 0.277 bits per heavy atom. The molecule has 0 saturated heterocycles. The zero-order valence-corrected chi connectivity index (χ0v) is 85.1. The average Bonchev–Trinajstić information content (AvgIpc) is 0.822. The van der Waals surface area contributed by atoms with Crippen molar-refractivity contribution in [3.63, 3.8) is 0 Å². The van der Waals surface area contributed by atoms with Crippen molar-refractivity contribution in [1.29, 1.82) is 0 Å². The van der Waals surface area contributed by atoms with Gasteiger partial charge in [-0.1, -0.05) is 412 Å². The van der Waals surface area contributed by atoms with Gasteiger partial charge < -0.3 is 61.2 Å². The molecule has 7 rings (SSSR count). The van der Waals surface area contributed by atoms with E-state index < -0.39 is 41.9 Å². The third-order valence-corrected chi connectivity index (χ3v) is 24.6. The molecule has 7 aromatic rings. The normalized spacial score (nSPS) is 11.2. The fourth-order valence-electron chi connectivity index (χ4n) is 16.5. The van der Waals surface area contributed by atoms with Crippen LogP contribution in [0, 0.1) is 0 Å². The number of anilines is 2. The lowest BCUT2D eigenvalue weighted by Gasteiger charge is -2.18. The third kappa shape index (κ3) is 58.2. The number of aliphatic carboxylic acids is 1. The summed E-state index contributed by atoms with van der Waals surface area (Å²) in [7, 11) is 0. The van der Waals surface area contributed by atoms with Crippen LogP contribution in [-0.4, -0.2) is 60.0 Å². The van der Waals surface area contributed by atoms with Crippen LogP contribution in [-0.2, 0) is 75.2 Å². The van der Waals surface area contributed by atoms with Gasteiger partial charge in [-0.2, -0.15) is 0 Å². The van der Waals surface area contributed by atoms with E-state index in [-0.39, 0.29) is 105 Å². The molecule has 0 amide bonds. The molecule has 9 N–H and O–H groups in total. The molecule has 0 saturated carbocycles. The molecule has 20 nitrogen and oxygen atoms in total. The maximum atomic E-state index is 13.2. The van der Waals surface area contributed by atoms with Gasteiger partial charge in [0.2, 0.25) is 0 Å². The predicted molar refractivity (Wildman–Crippen MR) is 561 cm³/mol. The molecule has 0 spiro atoms. The molecule has 0 aliphatic rings. The van der Waals surface area contributed by atoms with Crippen molar-refractivity contribution < 1.29 is 76.6 Å². The summed E-state index contributed by atoms with van der Waals surface area (Å²) in [5.74, 6) is -2.47.